The van der Waals surface area contributed by atoms with E-state index in [-0.39, 0.29) is 6.61 Å². The normalized spacial score (nSPS) is 22.5. The molecule has 3 heteroatoms. The number of nitrogens with one attached hydrogen (secondary N) is 1. The van der Waals surface area contributed by atoms with Gasteiger partial charge >= 0.3 is 0 Å². The van der Waals surface area contributed by atoms with Crippen LogP contribution in [-0.2, 0) is 0 Å². The molecule has 1 saturated carbocycles. The topological polar surface area (TPSA) is 52.5 Å². The summed E-state index contributed by atoms with van der Waals surface area (Å²) >= 11 is 0. The van der Waals surface area contributed by atoms with Gasteiger partial charge in [-0.2, -0.15) is 0 Å². The van der Waals surface area contributed by atoms with Gasteiger partial charge in [0, 0.05) is 19.2 Å². The van der Waals surface area contributed by atoms with Crippen molar-refractivity contribution in [2.24, 2.45) is 0 Å². The fourth-order valence-corrected chi connectivity index (χ4v) is 2.04. The molecule has 1 fully saturated rings. The molecule has 1 unspecified atom stereocenters. The maximum absolute atomic E-state index is 9.93. The number of rotatable bonds is 6. The zero-order chi connectivity index (χ0) is 10.4. The summed E-state index contributed by atoms with van der Waals surface area (Å²) < 4.78 is 0. The summed E-state index contributed by atoms with van der Waals surface area (Å²) in [4.78, 5) is 0. The molecule has 0 aromatic carbocycles. The molecule has 3 N–H and O–H groups in total. The molecule has 0 aliphatic heterocycles. The molecule has 0 saturated heterocycles. The lowest BCUT2D eigenvalue weighted by molar-refractivity contribution is 0.0411. The van der Waals surface area contributed by atoms with E-state index in [0.717, 1.165) is 0 Å². The maximum atomic E-state index is 9.93. The van der Waals surface area contributed by atoms with Crippen LogP contribution in [0.2, 0.25) is 0 Å². The molecule has 0 spiro atoms. The standard InChI is InChI=1S/C11H23NO2/c1-11(14,7-4-8-13)9-12-10-5-2-3-6-10/h10,12-14H,2-9H2,1H3. The van der Waals surface area contributed by atoms with Gasteiger partial charge in [-0.25, -0.2) is 0 Å². The lowest BCUT2D eigenvalue weighted by Crippen LogP contribution is -2.41. The van der Waals surface area contributed by atoms with Crippen LogP contribution in [0, 0.1) is 0 Å². The van der Waals surface area contributed by atoms with E-state index in [2.05, 4.69) is 5.32 Å². The van der Waals surface area contributed by atoms with Gasteiger partial charge in [-0.1, -0.05) is 12.8 Å². The zero-order valence-corrected chi connectivity index (χ0v) is 9.13. The van der Waals surface area contributed by atoms with E-state index in [9.17, 15) is 5.11 Å². The highest BCUT2D eigenvalue weighted by atomic mass is 16.3. The summed E-state index contributed by atoms with van der Waals surface area (Å²) in [7, 11) is 0. The number of hydrogen-bond donors (Lipinski definition) is 3. The highest BCUT2D eigenvalue weighted by Crippen LogP contribution is 2.19. The molecular formula is C11H23NO2. The molecule has 0 bridgehead atoms. The van der Waals surface area contributed by atoms with Crippen molar-refractivity contribution in [1.29, 1.82) is 0 Å². The molecular weight excluding hydrogens is 178 g/mol. The van der Waals surface area contributed by atoms with Gasteiger partial charge in [-0.3, -0.25) is 0 Å². The minimum Gasteiger partial charge on any atom is -0.396 e. The van der Waals surface area contributed by atoms with E-state index in [4.69, 9.17) is 5.11 Å². The van der Waals surface area contributed by atoms with Crippen molar-refractivity contribution >= 4 is 0 Å². The largest absolute Gasteiger partial charge is 0.396 e. The smallest absolute Gasteiger partial charge is 0.0744 e. The van der Waals surface area contributed by atoms with Crippen molar-refractivity contribution in [3.05, 3.63) is 0 Å². The maximum Gasteiger partial charge on any atom is 0.0744 e. The third kappa shape index (κ3) is 4.40. The molecule has 0 aromatic heterocycles. The minimum absolute atomic E-state index is 0.166. The van der Waals surface area contributed by atoms with Gasteiger partial charge in [0.2, 0.25) is 0 Å². The fraction of sp³-hybridized carbons (Fsp3) is 1.00. The first-order valence-corrected chi connectivity index (χ1v) is 5.71. The van der Waals surface area contributed by atoms with Crippen molar-refractivity contribution < 1.29 is 10.2 Å². The van der Waals surface area contributed by atoms with Crippen LogP contribution in [0.4, 0.5) is 0 Å². The van der Waals surface area contributed by atoms with Crippen LogP contribution in [0.5, 0.6) is 0 Å². The summed E-state index contributed by atoms with van der Waals surface area (Å²) in [6.07, 6.45) is 6.47. The van der Waals surface area contributed by atoms with Crippen LogP contribution in [0.15, 0.2) is 0 Å². The number of aliphatic hydroxyl groups is 2. The molecule has 0 heterocycles. The summed E-state index contributed by atoms with van der Waals surface area (Å²) in [5, 5.41) is 22.0. The first-order valence-electron chi connectivity index (χ1n) is 5.71. The third-order valence-corrected chi connectivity index (χ3v) is 3.00. The van der Waals surface area contributed by atoms with Gasteiger partial charge in [-0.05, 0) is 32.6 Å². The Morgan fingerprint density at radius 3 is 2.57 bits per heavy atom. The Morgan fingerprint density at radius 2 is 2.00 bits per heavy atom. The molecule has 1 atom stereocenters. The summed E-state index contributed by atoms with van der Waals surface area (Å²) in [5.74, 6) is 0. The summed E-state index contributed by atoms with van der Waals surface area (Å²) in [6, 6.07) is 0.607. The Balaban J connectivity index is 2.14. The highest BCUT2D eigenvalue weighted by Gasteiger charge is 2.22. The molecule has 3 nitrogen and oxygen atoms in total. The SMILES string of the molecule is CC(O)(CCCO)CNC1CCCC1. The average molecular weight is 201 g/mol. The summed E-state index contributed by atoms with van der Waals surface area (Å²) in [6.45, 7) is 2.65. The minimum atomic E-state index is -0.661. The van der Waals surface area contributed by atoms with Crippen molar-refractivity contribution in [3.8, 4) is 0 Å². The van der Waals surface area contributed by atoms with Gasteiger partial charge in [0.05, 0.1) is 5.60 Å². The molecule has 0 aromatic rings. The first-order chi connectivity index (χ1) is 6.64. The van der Waals surface area contributed by atoms with Crippen LogP contribution >= 0.6 is 0 Å². The molecule has 0 amide bonds. The van der Waals surface area contributed by atoms with Crippen molar-refractivity contribution in [1.82, 2.24) is 5.32 Å². The van der Waals surface area contributed by atoms with Gasteiger partial charge < -0.3 is 15.5 Å². The molecule has 1 aliphatic rings. The second-order valence-electron chi connectivity index (χ2n) is 4.69. The van der Waals surface area contributed by atoms with Gasteiger partial charge in [0.15, 0.2) is 0 Å². The fourth-order valence-electron chi connectivity index (χ4n) is 2.04. The highest BCUT2D eigenvalue weighted by molar-refractivity contribution is 4.80. The Morgan fingerprint density at radius 1 is 1.36 bits per heavy atom. The van der Waals surface area contributed by atoms with Gasteiger partial charge in [-0.15, -0.1) is 0 Å². The lowest BCUT2D eigenvalue weighted by atomic mass is 10.00. The Bertz CT molecular complexity index is 153. The van der Waals surface area contributed by atoms with Crippen molar-refractivity contribution in [2.75, 3.05) is 13.2 Å². The molecule has 84 valence electrons. The third-order valence-electron chi connectivity index (χ3n) is 3.00. The van der Waals surface area contributed by atoms with E-state index in [0.29, 0.717) is 25.4 Å². The van der Waals surface area contributed by atoms with Crippen LogP contribution in [-0.4, -0.2) is 35.0 Å². The quantitative estimate of drug-likeness (QED) is 0.602. The van der Waals surface area contributed by atoms with Crippen molar-refractivity contribution in [2.45, 2.75) is 57.1 Å². The first kappa shape index (κ1) is 12.0. The molecule has 1 rings (SSSR count). The Labute approximate surface area is 86.5 Å². The second kappa shape index (κ2) is 5.69. The van der Waals surface area contributed by atoms with E-state index < -0.39 is 5.60 Å². The molecule has 1 aliphatic carbocycles. The van der Waals surface area contributed by atoms with Gasteiger partial charge in [0.25, 0.3) is 0 Å². The van der Waals surface area contributed by atoms with E-state index >= 15 is 0 Å². The average Bonchev–Trinajstić information content (AvgIpc) is 2.64. The number of hydrogen-bond acceptors (Lipinski definition) is 3. The van der Waals surface area contributed by atoms with Crippen molar-refractivity contribution in [3.63, 3.8) is 0 Å². The lowest BCUT2D eigenvalue weighted by Gasteiger charge is -2.25. The van der Waals surface area contributed by atoms with Crippen LogP contribution in [0.25, 0.3) is 0 Å². The van der Waals surface area contributed by atoms with E-state index in [1.807, 2.05) is 6.92 Å². The zero-order valence-electron chi connectivity index (χ0n) is 9.13. The predicted octanol–water partition coefficient (Wildman–Crippen LogP) is 1.04. The van der Waals surface area contributed by atoms with Crippen LogP contribution in [0.1, 0.15) is 45.4 Å². The molecule has 0 radical (unpaired) electrons. The van der Waals surface area contributed by atoms with E-state index in [1.54, 1.807) is 0 Å². The Hall–Kier alpha value is -0.120. The Kier molecular flexibility index (Phi) is 4.85. The number of aliphatic hydroxyl groups excluding tert-OH is 1. The monoisotopic (exact) mass is 201 g/mol. The summed E-state index contributed by atoms with van der Waals surface area (Å²) in [5.41, 5.74) is -0.661. The predicted molar refractivity (Wildman–Crippen MR) is 57.2 cm³/mol. The van der Waals surface area contributed by atoms with E-state index in [1.165, 1.54) is 25.7 Å². The van der Waals surface area contributed by atoms with Crippen LogP contribution < -0.4 is 5.32 Å². The van der Waals surface area contributed by atoms with Gasteiger partial charge in [0.1, 0.15) is 0 Å². The molecule has 14 heavy (non-hydrogen) atoms. The second-order valence-corrected chi connectivity index (χ2v) is 4.69. The van der Waals surface area contributed by atoms with Crippen LogP contribution in [0.3, 0.4) is 0 Å².